The molecular formula is C24H31ClN2O3S. The van der Waals surface area contributed by atoms with Gasteiger partial charge in [0.15, 0.2) is 0 Å². The van der Waals surface area contributed by atoms with E-state index in [0.717, 1.165) is 16.9 Å². The molecule has 0 aliphatic heterocycles. The van der Waals surface area contributed by atoms with Crippen LogP contribution in [0.3, 0.4) is 0 Å². The highest BCUT2D eigenvalue weighted by molar-refractivity contribution is 7.99. The second-order valence-electron chi connectivity index (χ2n) is 7.81. The molecule has 1 unspecified atom stereocenters. The van der Waals surface area contributed by atoms with Crippen molar-refractivity contribution in [2.24, 2.45) is 5.92 Å². The number of thioether (sulfide) groups is 1. The molecule has 0 aliphatic carbocycles. The van der Waals surface area contributed by atoms with E-state index in [4.69, 9.17) is 16.3 Å². The zero-order chi connectivity index (χ0) is 22.8. The molecular weight excluding hydrogens is 432 g/mol. The lowest BCUT2D eigenvalue weighted by Gasteiger charge is -2.29. The third kappa shape index (κ3) is 8.46. The summed E-state index contributed by atoms with van der Waals surface area (Å²) in [6.45, 7) is 6.75. The topological polar surface area (TPSA) is 58.6 Å². The number of carbonyl (C=O) groups excluding carboxylic acids is 2. The van der Waals surface area contributed by atoms with E-state index in [1.165, 1.54) is 11.8 Å². The van der Waals surface area contributed by atoms with Crippen molar-refractivity contribution in [3.63, 3.8) is 0 Å². The molecule has 0 spiro atoms. The van der Waals surface area contributed by atoms with Gasteiger partial charge < -0.3 is 15.0 Å². The molecule has 0 saturated heterocycles. The van der Waals surface area contributed by atoms with Crippen molar-refractivity contribution in [1.29, 1.82) is 0 Å². The minimum atomic E-state index is -0.577. The number of amides is 2. The molecule has 1 N–H and O–H groups in total. The fourth-order valence-corrected chi connectivity index (χ4v) is 4.01. The molecule has 31 heavy (non-hydrogen) atoms. The fourth-order valence-electron chi connectivity index (χ4n) is 2.93. The van der Waals surface area contributed by atoms with Crippen LogP contribution in [0.1, 0.15) is 31.9 Å². The van der Waals surface area contributed by atoms with E-state index in [-0.39, 0.29) is 17.6 Å². The highest BCUT2D eigenvalue weighted by atomic mass is 35.5. The SMILES string of the molecule is COc1ccc(CSCC(=O)N(Cc2cccc(Cl)c2)C(C)C(=O)NCC(C)C)cc1. The summed E-state index contributed by atoms with van der Waals surface area (Å²) in [7, 11) is 1.63. The Hall–Kier alpha value is -2.18. The standard InChI is InChI=1S/C24H31ClN2O3S/c1-17(2)13-26-24(29)18(3)27(14-20-6-5-7-21(25)12-20)23(28)16-31-15-19-8-10-22(30-4)11-9-19/h5-12,17-18H,13-16H2,1-4H3,(H,26,29). The Balaban J connectivity index is 2.04. The number of nitrogens with zero attached hydrogens (tertiary/aromatic N) is 1. The summed E-state index contributed by atoms with van der Waals surface area (Å²) in [4.78, 5) is 27.4. The van der Waals surface area contributed by atoms with Gasteiger partial charge in [0.25, 0.3) is 0 Å². The minimum Gasteiger partial charge on any atom is -0.497 e. The van der Waals surface area contributed by atoms with E-state index < -0.39 is 6.04 Å². The minimum absolute atomic E-state index is 0.0781. The Bertz CT molecular complexity index is 858. The van der Waals surface area contributed by atoms with Crippen LogP contribution in [0.15, 0.2) is 48.5 Å². The summed E-state index contributed by atoms with van der Waals surface area (Å²) >= 11 is 7.64. The number of ether oxygens (including phenoxy) is 1. The zero-order valence-corrected chi connectivity index (χ0v) is 20.1. The first-order valence-corrected chi connectivity index (χ1v) is 11.9. The Morgan fingerprint density at radius 3 is 2.42 bits per heavy atom. The van der Waals surface area contributed by atoms with Gasteiger partial charge in [0, 0.05) is 23.9 Å². The summed E-state index contributed by atoms with van der Waals surface area (Å²) in [5.41, 5.74) is 2.01. The summed E-state index contributed by atoms with van der Waals surface area (Å²) in [5, 5.41) is 3.54. The Kier molecular flexibility index (Phi) is 10.2. The molecule has 0 fully saturated rings. The van der Waals surface area contributed by atoms with Crippen LogP contribution in [-0.2, 0) is 21.9 Å². The predicted octanol–water partition coefficient (Wildman–Crippen LogP) is 4.77. The Morgan fingerprint density at radius 2 is 1.81 bits per heavy atom. The van der Waals surface area contributed by atoms with E-state index in [1.54, 1.807) is 25.0 Å². The molecule has 5 nitrogen and oxygen atoms in total. The van der Waals surface area contributed by atoms with Crippen LogP contribution in [0.5, 0.6) is 5.75 Å². The van der Waals surface area contributed by atoms with E-state index in [2.05, 4.69) is 5.32 Å². The van der Waals surface area contributed by atoms with Crippen molar-refractivity contribution in [2.75, 3.05) is 19.4 Å². The number of benzene rings is 2. The van der Waals surface area contributed by atoms with Crippen LogP contribution in [0.2, 0.25) is 5.02 Å². The first kappa shape index (κ1) is 25.1. The maximum atomic E-state index is 13.1. The molecule has 0 saturated carbocycles. The van der Waals surface area contributed by atoms with Crippen molar-refractivity contribution in [2.45, 2.75) is 39.1 Å². The van der Waals surface area contributed by atoms with Gasteiger partial charge in [-0.3, -0.25) is 9.59 Å². The largest absolute Gasteiger partial charge is 0.497 e. The predicted molar refractivity (Wildman–Crippen MR) is 128 cm³/mol. The van der Waals surface area contributed by atoms with Gasteiger partial charge in [-0.15, -0.1) is 11.8 Å². The van der Waals surface area contributed by atoms with E-state index in [0.29, 0.717) is 29.8 Å². The molecule has 0 aromatic heterocycles. The monoisotopic (exact) mass is 462 g/mol. The molecule has 2 amide bonds. The van der Waals surface area contributed by atoms with Gasteiger partial charge in [-0.1, -0.05) is 49.7 Å². The van der Waals surface area contributed by atoms with Gasteiger partial charge >= 0.3 is 0 Å². The van der Waals surface area contributed by atoms with Crippen LogP contribution < -0.4 is 10.1 Å². The number of rotatable bonds is 11. The molecule has 0 bridgehead atoms. The molecule has 0 radical (unpaired) electrons. The van der Waals surface area contributed by atoms with Crippen molar-refractivity contribution >= 4 is 35.2 Å². The maximum absolute atomic E-state index is 13.1. The smallest absolute Gasteiger partial charge is 0.242 e. The van der Waals surface area contributed by atoms with Crippen LogP contribution in [0.25, 0.3) is 0 Å². The number of hydrogen-bond acceptors (Lipinski definition) is 4. The average molecular weight is 463 g/mol. The fraction of sp³-hybridized carbons (Fsp3) is 0.417. The van der Waals surface area contributed by atoms with Gasteiger partial charge in [-0.05, 0) is 48.2 Å². The Morgan fingerprint density at radius 1 is 1.10 bits per heavy atom. The molecule has 2 rings (SSSR count). The van der Waals surface area contributed by atoms with Crippen LogP contribution in [0.4, 0.5) is 0 Å². The highest BCUT2D eigenvalue weighted by Crippen LogP contribution is 2.19. The van der Waals surface area contributed by atoms with Gasteiger partial charge in [-0.2, -0.15) is 0 Å². The van der Waals surface area contributed by atoms with Crippen LogP contribution in [-0.4, -0.2) is 42.2 Å². The lowest BCUT2D eigenvalue weighted by molar-refractivity contribution is -0.138. The molecule has 2 aromatic rings. The van der Waals surface area contributed by atoms with E-state index in [9.17, 15) is 9.59 Å². The molecule has 1 atom stereocenters. The van der Waals surface area contributed by atoms with Crippen LogP contribution in [0, 0.1) is 5.92 Å². The second kappa shape index (κ2) is 12.6. The summed E-state index contributed by atoms with van der Waals surface area (Å²) < 4.78 is 5.18. The molecule has 2 aromatic carbocycles. The number of carbonyl (C=O) groups is 2. The lowest BCUT2D eigenvalue weighted by Crippen LogP contribution is -2.48. The van der Waals surface area contributed by atoms with Gasteiger partial charge in [0.05, 0.1) is 12.9 Å². The normalized spacial score (nSPS) is 11.8. The maximum Gasteiger partial charge on any atom is 0.242 e. The third-order valence-corrected chi connectivity index (χ3v) is 5.97. The molecule has 0 aliphatic rings. The second-order valence-corrected chi connectivity index (χ2v) is 9.23. The quantitative estimate of drug-likeness (QED) is 0.522. The van der Waals surface area contributed by atoms with Crippen molar-refractivity contribution < 1.29 is 14.3 Å². The summed E-state index contributed by atoms with van der Waals surface area (Å²) in [6, 6.07) is 14.6. The summed E-state index contributed by atoms with van der Waals surface area (Å²) in [5.74, 6) is 1.91. The number of hydrogen-bond donors (Lipinski definition) is 1. The lowest BCUT2D eigenvalue weighted by atomic mass is 10.1. The summed E-state index contributed by atoms with van der Waals surface area (Å²) in [6.07, 6.45) is 0. The van der Waals surface area contributed by atoms with Crippen LogP contribution >= 0.6 is 23.4 Å². The third-order valence-electron chi connectivity index (χ3n) is 4.75. The van der Waals surface area contributed by atoms with Gasteiger partial charge in [0.2, 0.25) is 11.8 Å². The van der Waals surface area contributed by atoms with Gasteiger partial charge in [-0.25, -0.2) is 0 Å². The molecule has 7 heteroatoms. The van der Waals surface area contributed by atoms with Crippen molar-refractivity contribution in [3.8, 4) is 5.75 Å². The van der Waals surface area contributed by atoms with E-state index in [1.807, 2.05) is 56.3 Å². The molecule has 0 heterocycles. The first-order valence-electron chi connectivity index (χ1n) is 10.3. The van der Waals surface area contributed by atoms with E-state index >= 15 is 0 Å². The van der Waals surface area contributed by atoms with Gasteiger partial charge in [0.1, 0.15) is 11.8 Å². The molecule has 168 valence electrons. The number of nitrogens with one attached hydrogen (secondary N) is 1. The average Bonchev–Trinajstić information content (AvgIpc) is 2.75. The zero-order valence-electron chi connectivity index (χ0n) is 18.6. The number of methoxy groups -OCH3 is 1. The van der Waals surface area contributed by atoms with Crippen molar-refractivity contribution in [3.05, 3.63) is 64.7 Å². The first-order chi connectivity index (χ1) is 14.8. The number of halogens is 1. The van der Waals surface area contributed by atoms with Crippen molar-refractivity contribution in [1.82, 2.24) is 10.2 Å². The Labute approximate surface area is 194 Å². The highest BCUT2D eigenvalue weighted by Gasteiger charge is 2.26.